The van der Waals surface area contributed by atoms with Crippen LogP contribution in [0.1, 0.15) is 92.6 Å². The Morgan fingerprint density at radius 1 is 1.00 bits per heavy atom. The molecule has 0 saturated heterocycles. The molecular formula is C44H50FIrN3SSi-2. The third-order valence-electron chi connectivity index (χ3n) is 8.92. The van der Waals surface area contributed by atoms with Crippen molar-refractivity contribution in [2.45, 2.75) is 98.5 Å². The number of hydrogen-bond donors (Lipinski definition) is 0. The first-order chi connectivity index (χ1) is 26.9. The van der Waals surface area contributed by atoms with Gasteiger partial charge in [-0.3, -0.25) is 4.39 Å². The Hall–Kier alpha value is -3.09. The zero-order valence-electron chi connectivity index (χ0n) is 38.3. The molecule has 0 N–H and O–H groups in total. The smallest absolute Gasteiger partial charge is 0.114 e. The number of benzene rings is 2. The molecule has 2 aromatic carbocycles. The molecule has 4 heterocycles. The number of aryl methyl sites for hydroxylation is 1. The van der Waals surface area contributed by atoms with Crippen molar-refractivity contribution in [1.29, 1.82) is 0 Å². The Balaban J connectivity index is 0.000000248. The van der Waals surface area contributed by atoms with Gasteiger partial charge in [-0.2, -0.15) is 11.3 Å². The second kappa shape index (κ2) is 16.7. The molecule has 269 valence electrons. The number of hydrogen-bond acceptors (Lipinski definition) is 4. The molecule has 0 amide bonds. The van der Waals surface area contributed by atoms with E-state index in [-0.39, 0.29) is 37.6 Å². The SMILES string of the molecule is [2H]C([2H])([2H])c1ccc2c(n1)sc1c(-c3cc(C([2H])([2H])C4CCCC4)c(C([2H])(C)C)cn3)[c-]cc(F)c12.[2H]C([2H])(c1cc(-c2[c-]cccc2)ncc1[Si](C)(C)C)C(C)C.[Ir]. The van der Waals surface area contributed by atoms with Gasteiger partial charge in [-0.15, -0.1) is 53.6 Å². The molecule has 7 rings (SSSR count). The van der Waals surface area contributed by atoms with Gasteiger partial charge >= 0.3 is 0 Å². The topological polar surface area (TPSA) is 38.7 Å². The first-order valence-electron chi connectivity index (χ1n) is 21.4. The van der Waals surface area contributed by atoms with E-state index >= 15 is 4.39 Å². The van der Waals surface area contributed by atoms with E-state index in [9.17, 15) is 0 Å². The van der Waals surface area contributed by atoms with Gasteiger partial charge in [0.05, 0.1) is 8.07 Å². The van der Waals surface area contributed by atoms with Crippen molar-refractivity contribution < 1.29 is 35.5 Å². The molecule has 1 fully saturated rings. The minimum absolute atomic E-state index is 0. The molecule has 3 nitrogen and oxygen atoms in total. The van der Waals surface area contributed by atoms with Crippen LogP contribution in [0.15, 0.2) is 67.0 Å². The number of fused-ring (bicyclic) bond motifs is 3. The minimum atomic E-state index is -2.38. The van der Waals surface area contributed by atoms with Crippen LogP contribution in [0.25, 0.3) is 42.8 Å². The molecule has 1 radical (unpaired) electrons. The second-order valence-corrected chi connectivity index (χ2v) is 20.6. The summed E-state index contributed by atoms with van der Waals surface area (Å²) in [4.78, 5) is 13.9. The van der Waals surface area contributed by atoms with Gasteiger partial charge in [0.15, 0.2) is 0 Å². The third kappa shape index (κ3) is 9.11. The first-order valence-corrected chi connectivity index (χ1v) is 21.7. The van der Waals surface area contributed by atoms with Crippen molar-refractivity contribution in [2.75, 3.05) is 0 Å². The van der Waals surface area contributed by atoms with Gasteiger partial charge in [0.1, 0.15) is 4.83 Å². The average Bonchev–Trinajstić information content (AvgIpc) is 3.84. The Labute approximate surface area is 334 Å². The largest absolute Gasteiger partial charge is 0.305 e. The van der Waals surface area contributed by atoms with Crippen LogP contribution in [0, 0.1) is 36.6 Å². The quantitative estimate of drug-likeness (QED) is 0.113. The molecule has 0 atom stereocenters. The monoisotopic (exact) mass is 900 g/mol. The van der Waals surface area contributed by atoms with Crippen molar-refractivity contribution in [3.05, 3.63) is 107 Å². The summed E-state index contributed by atoms with van der Waals surface area (Å²) in [7, 11) is -1.67. The maximum atomic E-state index is 15.0. The number of pyridine rings is 3. The fourth-order valence-electron chi connectivity index (χ4n) is 6.44. The Morgan fingerprint density at radius 2 is 1.75 bits per heavy atom. The minimum Gasteiger partial charge on any atom is -0.305 e. The van der Waals surface area contributed by atoms with Gasteiger partial charge < -0.3 is 9.97 Å². The maximum Gasteiger partial charge on any atom is 0.114 e. The molecule has 4 aromatic heterocycles. The van der Waals surface area contributed by atoms with Crippen LogP contribution in [-0.2, 0) is 32.9 Å². The predicted octanol–water partition coefficient (Wildman–Crippen LogP) is 11.9. The van der Waals surface area contributed by atoms with Crippen LogP contribution >= 0.6 is 11.3 Å². The molecule has 1 aliphatic carbocycles. The summed E-state index contributed by atoms with van der Waals surface area (Å²) in [6.07, 6.45) is 4.01. The summed E-state index contributed by atoms with van der Waals surface area (Å²) in [6.45, 7) is 11.6. The average molecular weight is 900 g/mol. The summed E-state index contributed by atoms with van der Waals surface area (Å²) in [5.41, 5.74) is 4.35. The Morgan fingerprint density at radius 3 is 2.41 bits per heavy atom. The Kier molecular flexibility index (Phi) is 9.62. The van der Waals surface area contributed by atoms with Crippen molar-refractivity contribution in [3.8, 4) is 22.5 Å². The predicted molar refractivity (Wildman–Crippen MR) is 214 cm³/mol. The number of nitrogens with zero attached hydrogens (tertiary/aromatic N) is 3. The van der Waals surface area contributed by atoms with Crippen LogP contribution in [0.4, 0.5) is 4.39 Å². The second-order valence-electron chi connectivity index (χ2n) is 14.5. The molecule has 1 saturated carbocycles. The summed E-state index contributed by atoms with van der Waals surface area (Å²) in [5, 5.41) is 1.94. The van der Waals surface area contributed by atoms with E-state index in [2.05, 4.69) is 46.7 Å². The third-order valence-corrected chi connectivity index (χ3v) is 12.1. The van der Waals surface area contributed by atoms with E-state index in [4.69, 9.17) is 11.0 Å². The standard InChI is InChI=1S/C26H26FN2S.C18H24NSi.Ir/c1-15(2)21-14-28-23(13-18(21)12-17-6-4-5-7-17)19-10-11-22(27)24-20-9-8-16(3)29-26(20)30-25(19)24;1-14(2)11-16-12-17(15-9-7-6-8-10-15)19-13-18(16)20(3,4)5;/h8-9,11,13-15,17H,4-7,12H2,1-3H3;6-9,12-14H,11H2,1-5H3;/q2*-1;/i3D3,12D2,15D;11D2;. The van der Waals surface area contributed by atoms with Gasteiger partial charge in [-0.05, 0) is 81.2 Å². The number of rotatable bonds is 8. The zero-order chi connectivity index (χ0) is 42.6. The van der Waals surface area contributed by atoms with Gasteiger partial charge in [0, 0.05) is 60.4 Å². The molecule has 0 unspecified atom stereocenters. The molecule has 0 aliphatic heterocycles. The van der Waals surface area contributed by atoms with E-state index in [1.165, 1.54) is 23.5 Å². The fraction of sp³-hybridized carbons (Fsp3) is 0.386. The van der Waals surface area contributed by atoms with Crippen molar-refractivity contribution in [2.24, 2.45) is 11.8 Å². The molecule has 0 bridgehead atoms. The van der Waals surface area contributed by atoms with E-state index in [1.807, 2.05) is 50.4 Å². The summed E-state index contributed by atoms with van der Waals surface area (Å²) in [5.74, 6) is -1.77. The molecule has 1 aliphatic rings. The van der Waals surface area contributed by atoms with Gasteiger partial charge in [-0.1, -0.05) is 96.8 Å². The van der Waals surface area contributed by atoms with Crippen LogP contribution in [-0.4, -0.2) is 23.0 Å². The molecule has 0 spiro atoms. The molecule has 51 heavy (non-hydrogen) atoms. The molecule has 6 aromatic rings. The van der Waals surface area contributed by atoms with Gasteiger partial charge in [0.25, 0.3) is 0 Å². The summed E-state index contributed by atoms with van der Waals surface area (Å²) < 4.78 is 82.3. The van der Waals surface area contributed by atoms with Crippen LogP contribution in [0.5, 0.6) is 0 Å². The van der Waals surface area contributed by atoms with Crippen LogP contribution in [0.2, 0.25) is 19.6 Å². The number of halogens is 1. The number of thiophene rings is 1. The van der Waals surface area contributed by atoms with Crippen LogP contribution in [0.3, 0.4) is 0 Å². The maximum absolute atomic E-state index is 15.0. The summed E-state index contributed by atoms with van der Waals surface area (Å²) >= 11 is 1.17. The normalized spacial score (nSPS) is 16.9. The Bertz CT molecular complexity index is 2440. The van der Waals surface area contributed by atoms with E-state index in [1.54, 1.807) is 32.2 Å². The van der Waals surface area contributed by atoms with Gasteiger partial charge in [-0.25, -0.2) is 4.98 Å². The molecule has 7 heteroatoms. The van der Waals surface area contributed by atoms with Crippen molar-refractivity contribution in [1.82, 2.24) is 15.0 Å². The van der Waals surface area contributed by atoms with E-state index < -0.39 is 39.4 Å². The van der Waals surface area contributed by atoms with Crippen molar-refractivity contribution >= 4 is 44.9 Å². The molecular weight excluding hydrogens is 842 g/mol. The van der Waals surface area contributed by atoms with E-state index in [0.29, 0.717) is 42.7 Å². The zero-order valence-corrected chi connectivity index (χ0v) is 34.5. The van der Waals surface area contributed by atoms with Crippen molar-refractivity contribution in [3.63, 3.8) is 0 Å². The number of aromatic nitrogens is 3. The van der Waals surface area contributed by atoms with Gasteiger partial charge in [0.2, 0.25) is 0 Å². The first kappa shape index (κ1) is 29.4. The van der Waals surface area contributed by atoms with Crippen LogP contribution < -0.4 is 5.19 Å². The fourth-order valence-corrected chi connectivity index (χ4v) is 9.04. The van der Waals surface area contributed by atoms with E-state index in [0.717, 1.165) is 47.7 Å². The summed E-state index contributed by atoms with van der Waals surface area (Å²) in [6, 6.07) is 21.7.